The van der Waals surface area contributed by atoms with E-state index in [1.165, 1.54) is 25.7 Å². The fourth-order valence-electron chi connectivity index (χ4n) is 3.84. The van der Waals surface area contributed by atoms with Crippen LogP contribution in [0.2, 0.25) is 0 Å². The second kappa shape index (κ2) is 8.34. The maximum Gasteiger partial charge on any atom is 0.315 e. The lowest BCUT2D eigenvalue weighted by Crippen LogP contribution is -2.43. The third-order valence-corrected chi connectivity index (χ3v) is 5.29. The van der Waals surface area contributed by atoms with Crippen molar-refractivity contribution in [3.8, 4) is 0 Å². The molecule has 3 rings (SSSR count). The number of carbonyl (C=O) groups is 2. The zero-order chi connectivity index (χ0) is 17.6. The maximum absolute atomic E-state index is 12.1. The van der Waals surface area contributed by atoms with Crippen LogP contribution in [0.3, 0.4) is 0 Å². The molecule has 2 aliphatic rings. The normalized spacial score (nSPS) is 21.2. The number of nitrogens with zero attached hydrogens (tertiary/aromatic N) is 1. The van der Waals surface area contributed by atoms with Gasteiger partial charge in [-0.15, -0.1) is 0 Å². The quantitative estimate of drug-likeness (QED) is 0.763. The largest absolute Gasteiger partial charge is 0.355 e. The van der Waals surface area contributed by atoms with Crippen LogP contribution in [0.5, 0.6) is 0 Å². The van der Waals surface area contributed by atoms with Gasteiger partial charge in [-0.1, -0.05) is 25.0 Å². The van der Waals surface area contributed by atoms with Crippen molar-refractivity contribution < 1.29 is 9.59 Å². The molecule has 3 N–H and O–H groups in total. The molecule has 1 aromatic rings. The maximum atomic E-state index is 12.1. The van der Waals surface area contributed by atoms with Crippen molar-refractivity contribution in [2.24, 2.45) is 0 Å². The Hall–Kier alpha value is -2.08. The molecule has 2 fully saturated rings. The summed E-state index contributed by atoms with van der Waals surface area (Å²) in [6.45, 7) is 2.52. The molecule has 6 nitrogen and oxygen atoms in total. The summed E-state index contributed by atoms with van der Waals surface area (Å²) >= 11 is 0. The van der Waals surface area contributed by atoms with E-state index in [1.807, 2.05) is 12.1 Å². The zero-order valence-electron chi connectivity index (χ0n) is 14.9. The molecule has 0 aromatic heterocycles. The van der Waals surface area contributed by atoms with E-state index in [-0.39, 0.29) is 18.0 Å². The molecule has 1 aliphatic heterocycles. The Morgan fingerprint density at radius 2 is 1.84 bits per heavy atom. The fraction of sp³-hybridized carbons (Fsp3) is 0.579. The SMILES string of the molecule is CNC(=O)c1ccc(CNC(=O)NC2CCN(C3CCCC3)C2)cc1. The predicted octanol–water partition coefficient (Wildman–Crippen LogP) is 1.86. The van der Waals surface area contributed by atoms with Crippen LogP contribution >= 0.6 is 0 Å². The molecular formula is C19H28N4O2. The minimum absolute atomic E-state index is 0.106. The highest BCUT2D eigenvalue weighted by Crippen LogP contribution is 2.26. The second-order valence-electron chi connectivity index (χ2n) is 7.02. The van der Waals surface area contributed by atoms with Gasteiger partial charge in [0.2, 0.25) is 0 Å². The zero-order valence-corrected chi connectivity index (χ0v) is 14.9. The molecule has 1 aromatic carbocycles. The third kappa shape index (κ3) is 4.72. The standard InChI is InChI=1S/C19H28N4O2/c1-20-18(24)15-8-6-14(7-9-15)12-21-19(25)22-16-10-11-23(13-16)17-4-2-3-5-17/h6-9,16-17H,2-5,10-13H2,1H3,(H,20,24)(H2,21,22,25). The van der Waals surface area contributed by atoms with Gasteiger partial charge in [0, 0.05) is 44.3 Å². The molecule has 0 bridgehead atoms. The summed E-state index contributed by atoms with van der Waals surface area (Å²) in [6.07, 6.45) is 6.34. The summed E-state index contributed by atoms with van der Waals surface area (Å²) in [6, 6.07) is 8.12. The molecule has 1 saturated carbocycles. The van der Waals surface area contributed by atoms with Gasteiger partial charge in [0.1, 0.15) is 0 Å². The Kier molecular flexibility index (Phi) is 5.91. The first-order valence-corrected chi connectivity index (χ1v) is 9.25. The first-order valence-electron chi connectivity index (χ1n) is 9.25. The average molecular weight is 344 g/mol. The lowest BCUT2D eigenvalue weighted by Gasteiger charge is -2.23. The Morgan fingerprint density at radius 3 is 2.52 bits per heavy atom. The summed E-state index contributed by atoms with van der Waals surface area (Å²) in [5, 5.41) is 8.58. The highest BCUT2D eigenvalue weighted by molar-refractivity contribution is 5.93. The Balaban J connectivity index is 1.40. The summed E-state index contributed by atoms with van der Waals surface area (Å²) in [5.41, 5.74) is 1.59. The van der Waals surface area contributed by atoms with Crippen LogP contribution in [-0.4, -0.2) is 49.1 Å². The number of amides is 3. The van der Waals surface area contributed by atoms with Crippen LogP contribution in [0.1, 0.15) is 48.0 Å². The van der Waals surface area contributed by atoms with Gasteiger partial charge >= 0.3 is 6.03 Å². The van der Waals surface area contributed by atoms with Gasteiger partial charge in [0.25, 0.3) is 5.91 Å². The molecule has 1 heterocycles. The van der Waals surface area contributed by atoms with Gasteiger partial charge in [-0.25, -0.2) is 4.79 Å². The van der Waals surface area contributed by atoms with E-state index in [0.29, 0.717) is 12.1 Å². The van der Waals surface area contributed by atoms with Crippen molar-refractivity contribution in [2.45, 2.75) is 50.7 Å². The molecule has 3 amide bonds. The Morgan fingerprint density at radius 1 is 1.12 bits per heavy atom. The Labute approximate surface area is 149 Å². The van der Waals surface area contributed by atoms with E-state index in [0.717, 1.165) is 31.1 Å². The molecule has 0 spiro atoms. The topological polar surface area (TPSA) is 73.5 Å². The molecule has 1 unspecified atom stereocenters. The number of rotatable bonds is 5. The molecule has 1 aliphatic carbocycles. The first kappa shape index (κ1) is 17.7. The molecule has 6 heteroatoms. The van der Waals surface area contributed by atoms with E-state index in [9.17, 15) is 9.59 Å². The third-order valence-electron chi connectivity index (χ3n) is 5.29. The lowest BCUT2D eigenvalue weighted by atomic mass is 10.1. The van der Waals surface area contributed by atoms with Crippen molar-refractivity contribution in [2.75, 3.05) is 20.1 Å². The van der Waals surface area contributed by atoms with Crippen molar-refractivity contribution >= 4 is 11.9 Å². The number of carbonyl (C=O) groups excluding carboxylic acids is 2. The van der Waals surface area contributed by atoms with Crippen LogP contribution in [0.15, 0.2) is 24.3 Å². The lowest BCUT2D eigenvalue weighted by molar-refractivity contribution is 0.0963. The predicted molar refractivity (Wildman–Crippen MR) is 97.4 cm³/mol. The number of urea groups is 1. The van der Waals surface area contributed by atoms with E-state index < -0.39 is 0 Å². The van der Waals surface area contributed by atoms with E-state index in [1.54, 1.807) is 19.2 Å². The minimum Gasteiger partial charge on any atom is -0.355 e. The molecule has 136 valence electrons. The van der Waals surface area contributed by atoms with Crippen LogP contribution in [0.25, 0.3) is 0 Å². The molecular weight excluding hydrogens is 316 g/mol. The number of nitrogens with one attached hydrogen (secondary N) is 3. The van der Waals surface area contributed by atoms with E-state index in [2.05, 4.69) is 20.9 Å². The molecule has 0 radical (unpaired) electrons. The monoisotopic (exact) mass is 344 g/mol. The van der Waals surface area contributed by atoms with Crippen molar-refractivity contribution in [3.05, 3.63) is 35.4 Å². The van der Waals surface area contributed by atoms with Gasteiger partial charge in [-0.3, -0.25) is 9.69 Å². The summed E-state index contributed by atoms with van der Waals surface area (Å²) in [7, 11) is 1.61. The van der Waals surface area contributed by atoms with Gasteiger partial charge in [-0.05, 0) is 37.0 Å². The number of benzene rings is 1. The number of hydrogen-bond donors (Lipinski definition) is 3. The smallest absolute Gasteiger partial charge is 0.315 e. The van der Waals surface area contributed by atoms with Gasteiger partial charge in [0.15, 0.2) is 0 Å². The summed E-state index contributed by atoms with van der Waals surface area (Å²) < 4.78 is 0. The number of likely N-dealkylation sites (tertiary alicyclic amines) is 1. The second-order valence-corrected chi connectivity index (χ2v) is 7.02. The van der Waals surface area contributed by atoms with E-state index >= 15 is 0 Å². The highest BCUT2D eigenvalue weighted by atomic mass is 16.2. The van der Waals surface area contributed by atoms with Crippen LogP contribution in [0.4, 0.5) is 4.79 Å². The number of hydrogen-bond acceptors (Lipinski definition) is 3. The van der Waals surface area contributed by atoms with Crippen molar-refractivity contribution in [1.29, 1.82) is 0 Å². The highest BCUT2D eigenvalue weighted by Gasteiger charge is 2.30. The molecule has 1 saturated heterocycles. The van der Waals surface area contributed by atoms with Crippen LogP contribution in [0, 0.1) is 0 Å². The van der Waals surface area contributed by atoms with E-state index in [4.69, 9.17) is 0 Å². The van der Waals surface area contributed by atoms with Gasteiger partial charge in [-0.2, -0.15) is 0 Å². The Bertz CT molecular complexity index is 596. The molecule has 1 atom stereocenters. The van der Waals surface area contributed by atoms with Gasteiger partial charge in [0.05, 0.1) is 0 Å². The first-order chi connectivity index (χ1) is 12.2. The van der Waals surface area contributed by atoms with Crippen molar-refractivity contribution in [3.63, 3.8) is 0 Å². The summed E-state index contributed by atoms with van der Waals surface area (Å²) in [4.78, 5) is 26.2. The van der Waals surface area contributed by atoms with Gasteiger partial charge < -0.3 is 16.0 Å². The van der Waals surface area contributed by atoms with Crippen LogP contribution in [-0.2, 0) is 6.54 Å². The minimum atomic E-state index is -0.117. The molecule has 25 heavy (non-hydrogen) atoms. The fourth-order valence-corrected chi connectivity index (χ4v) is 3.84. The average Bonchev–Trinajstić information content (AvgIpc) is 3.31. The van der Waals surface area contributed by atoms with Crippen LogP contribution < -0.4 is 16.0 Å². The summed E-state index contributed by atoms with van der Waals surface area (Å²) in [5.74, 6) is -0.106. The van der Waals surface area contributed by atoms with Crippen molar-refractivity contribution in [1.82, 2.24) is 20.9 Å².